The fourth-order valence-electron chi connectivity index (χ4n) is 10.5. The molecule has 1 N–H and O–H groups in total. The van der Waals surface area contributed by atoms with Gasteiger partial charge in [0.1, 0.15) is 13.2 Å². The molecule has 0 aliphatic heterocycles. The average molecular weight is 1270 g/mol. The van der Waals surface area contributed by atoms with Gasteiger partial charge < -0.3 is 28.5 Å². The normalized spacial score (nSPS) is 13.4. The smallest absolute Gasteiger partial charge is 0.361 e. The van der Waals surface area contributed by atoms with E-state index in [1.54, 1.807) is 0 Å². The van der Waals surface area contributed by atoms with Gasteiger partial charge in [0.05, 0.1) is 34.4 Å². The summed E-state index contributed by atoms with van der Waals surface area (Å²) in [6, 6.07) is 0. The van der Waals surface area contributed by atoms with Crippen LogP contribution in [0, 0.1) is 0 Å². The highest BCUT2D eigenvalue weighted by molar-refractivity contribution is 5.71. The first kappa shape index (κ1) is 86.7. The second kappa shape index (κ2) is 71.5. The Labute approximate surface area is 561 Å². The van der Waals surface area contributed by atoms with Crippen molar-refractivity contribution in [2.75, 3.05) is 47.5 Å². The maximum atomic E-state index is 13.0. The van der Waals surface area contributed by atoms with Crippen LogP contribution in [0.5, 0.6) is 0 Å². The Bertz CT molecular complexity index is 1910. The topological polar surface area (TPSA) is 108 Å². The Hall–Kier alpha value is -4.31. The lowest BCUT2D eigenvalue weighted by Gasteiger charge is -2.25. The molecule has 0 rings (SSSR count). The van der Waals surface area contributed by atoms with Gasteiger partial charge in [-0.1, -0.05) is 322 Å². The number of aliphatic carboxylic acids is 1. The zero-order valence-electron chi connectivity index (χ0n) is 59.7. The largest absolute Gasteiger partial charge is 0.477 e. The van der Waals surface area contributed by atoms with Crippen LogP contribution in [0.15, 0.2) is 122 Å². The molecule has 0 saturated carbocycles. The van der Waals surface area contributed by atoms with Crippen molar-refractivity contribution in [3.63, 3.8) is 0 Å². The molecule has 2 unspecified atom stereocenters. The monoisotopic (exact) mass is 1270 g/mol. The predicted octanol–water partition coefficient (Wildman–Crippen LogP) is 23.9. The Morgan fingerprint density at radius 3 is 0.934 bits per heavy atom. The zero-order valence-corrected chi connectivity index (χ0v) is 59.7. The summed E-state index contributed by atoms with van der Waals surface area (Å²) in [6.45, 7) is 4.78. The fraction of sp³-hybridized carbons (Fsp3) is 0.720. The van der Waals surface area contributed by atoms with Crippen LogP contribution in [0.1, 0.15) is 322 Å². The molecule has 0 aromatic rings. The quantitative estimate of drug-likeness (QED) is 0.0211. The van der Waals surface area contributed by atoms with Crippen LogP contribution in [0.3, 0.4) is 0 Å². The molecule has 0 amide bonds. The lowest BCUT2D eigenvalue weighted by Crippen LogP contribution is -2.40. The average Bonchev–Trinajstić information content (AvgIpc) is 3.53. The predicted molar refractivity (Wildman–Crippen MR) is 391 cm³/mol. The SMILES string of the molecule is CC/C=C\C/C=C\C/C=C\C/C=C\C/C=C\C/C=C\C/C=C\C/C=C\CCCCCCCCCCCCCCCCCCC(=O)OC(COC(=O)CCCCCCCCCCCCCCC/C=C\C/C=C\CCCCCCC)COC(OCC[N+](C)(C)C)C(=O)O. The Morgan fingerprint density at radius 2 is 0.626 bits per heavy atom. The summed E-state index contributed by atoms with van der Waals surface area (Å²) in [5.74, 6) is -2.00. The highest BCUT2D eigenvalue weighted by Gasteiger charge is 2.25. The number of hydrogen-bond acceptors (Lipinski definition) is 7. The van der Waals surface area contributed by atoms with Crippen molar-refractivity contribution in [2.45, 2.75) is 334 Å². The molecular formula is C82H142NO8+. The highest BCUT2D eigenvalue weighted by Crippen LogP contribution is 2.18. The Kier molecular flexibility index (Phi) is 68.1. The lowest BCUT2D eigenvalue weighted by atomic mass is 10.0. The summed E-state index contributed by atoms with van der Waals surface area (Å²) in [6.07, 6.45) is 98.9. The summed E-state index contributed by atoms with van der Waals surface area (Å²) in [5.41, 5.74) is 0. The number of unbranched alkanes of at least 4 members (excludes halogenated alkanes) is 34. The molecule has 0 spiro atoms. The van der Waals surface area contributed by atoms with Gasteiger partial charge in [0.2, 0.25) is 0 Å². The number of carboxylic acid groups (broad SMARTS) is 1. The van der Waals surface area contributed by atoms with E-state index < -0.39 is 24.3 Å². The van der Waals surface area contributed by atoms with Crippen molar-refractivity contribution in [3.05, 3.63) is 122 Å². The van der Waals surface area contributed by atoms with Crippen molar-refractivity contribution >= 4 is 17.9 Å². The molecule has 0 fully saturated rings. The van der Waals surface area contributed by atoms with Gasteiger partial charge in [-0.3, -0.25) is 9.59 Å². The number of allylic oxidation sites excluding steroid dienone is 20. The molecule has 91 heavy (non-hydrogen) atoms. The van der Waals surface area contributed by atoms with E-state index in [-0.39, 0.29) is 32.2 Å². The van der Waals surface area contributed by atoms with Crippen LogP contribution < -0.4 is 0 Å². The zero-order chi connectivity index (χ0) is 66.1. The fourth-order valence-corrected chi connectivity index (χ4v) is 10.5. The number of carbonyl (C=O) groups excluding carboxylic acids is 2. The number of quaternary nitrogens is 1. The van der Waals surface area contributed by atoms with Crippen molar-refractivity contribution in [2.24, 2.45) is 0 Å². The molecule has 0 aromatic heterocycles. The molecular weight excluding hydrogens is 1130 g/mol. The number of carbonyl (C=O) groups is 3. The molecule has 9 nitrogen and oxygen atoms in total. The van der Waals surface area contributed by atoms with Crippen LogP contribution in [-0.4, -0.2) is 87.4 Å². The number of esters is 2. The standard InChI is InChI=1S/C82H141NO8/c1-6-8-10-12-14-16-18-20-22-24-26-28-30-32-33-34-35-36-37-38-39-40-41-42-43-44-45-46-47-49-51-53-55-57-59-61-63-65-67-69-71-73-80(85)91-78(77-90-82(81(86)87)88-75-74-83(3,4)5)76-89-79(84)72-70-68-66-64-62-60-58-56-54-52-50-48-31-29-27-25-23-21-19-17-15-13-11-9-7-2/h8,10,14,16,19-22,25-28,32-33,35-36,38-39,41-42,78,82H,6-7,9,11-13,15,17-18,23-24,29-31,34,37,40,43-77H2,1-5H3/p+1/b10-8-,16-14-,21-19-,22-20-,27-25-,28-26-,33-32-,36-35-,39-38-,42-41-. The molecule has 0 radical (unpaired) electrons. The van der Waals surface area contributed by atoms with Crippen LogP contribution in [0.4, 0.5) is 0 Å². The minimum absolute atomic E-state index is 0.184. The van der Waals surface area contributed by atoms with E-state index in [1.165, 1.54) is 199 Å². The summed E-state index contributed by atoms with van der Waals surface area (Å²) in [5, 5.41) is 9.76. The number of rotatable bonds is 69. The van der Waals surface area contributed by atoms with Gasteiger partial charge in [-0.2, -0.15) is 0 Å². The van der Waals surface area contributed by atoms with Gasteiger partial charge in [0.15, 0.2) is 6.10 Å². The molecule has 522 valence electrons. The van der Waals surface area contributed by atoms with Gasteiger partial charge in [0.25, 0.3) is 6.29 Å². The third-order valence-electron chi connectivity index (χ3n) is 16.2. The summed E-state index contributed by atoms with van der Waals surface area (Å²) < 4.78 is 23.0. The van der Waals surface area contributed by atoms with E-state index in [0.29, 0.717) is 17.4 Å². The van der Waals surface area contributed by atoms with Gasteiger partial charge >= 0.3 is 17.9 Å². The maximum absolute atomic E-state index is 13.0. The summed E-state index contributed by atoms with van der Waals surface area (Å²) in [7, 11) is 5.98. The Balaban J connectivity index is 4.06. The molecule has 0 heterocycles. The minimum Gasteiger partial charge on any atom is -0.477 e. The highest BCUT2D eigenvalue weighted by atomic mass is 16.7. The molecule has 9 heteroatoms. The molecule has 0 bridgehead atoms. The van der Waals surface area contributed by atoms with Crippen molar-refractivity contribution in [3.8, 4) is 0 Å². The van der Waals surface area contributed by atoms with Crippen molar-refractivity contribution < 1.29 is 42.9 Å². The number of nitrogens with zero attached hydrogens (tertiary/aromatic N) is 1. The van der Waals surface area contributed by atoms with E-state index in [9.17, 15) is 19.5 Å². The van der Waals surface area contributed by atoms with E-state index in [0.717, 1.165) is 96.3 Å². The van der Waals surface area contributed by atoms with E-state index >= 15 is 0 Å². The Morgan fingerprint density at radius 1 is 0.341 bits per heavy atom. The van der Waals surface area contributed by atoms with Gasteiger partial charge in [-0.05, 0) is 109 Å². The number of ether oxygens (including phenoxy) is 4. The second-order valence-electron chi connectivity index (χ2n) is 26.2. The summed E-state index contributed by atoms with van der Waals surface area (Å²) >= 11 is 0. The number of carboxylic acids is 1. The van der Waals surface area contributed by atoms with E-state index in [2.05, 4.69) is 135 Å². The molecule has 0 aliphatic carbocycles. The van der Waals surface area contributed by atoms with Crippen molar-refractivity contribution in [1.29, 1.82) is 0 Å². The first-order chi connectivity index (χ1) is 44.6. The molecule has 0 aromatic carbocycles. The first-order valence-corrected chi connectivity index (χ1v) is 37.7. The lowest BCUT2D eigenvalue weighted by molar-refractivity contribution is -0.870. The minimum atomic E-state index is -1.52. The van der Waals surface area contributed by atoms with Crippen LogP contribution >= 0.6 is 0 Å². The number of likely N-dealkylation sites (N-methyl/N-ethyl adjacent to an activating group) is 1. The van der Waals surface area contributed by atoms with Gasteiger partial charge in [0, 0.05) is 12.8 Å². The van der Waals surface area contributed by atoms with E-state index in [4.69, 9.17) is 18.9 Å². The third-order valence-corrected chi connectivity index (χ3v) is 16.2. The second-order valence-corrected chi connectivity index (χ2v) is 26.2. The maximum Gasteiger partial charge on any atom is 0.361 e. The van der Waals surface area contributed by atoms with Crippen LogP contribution in [-0.2, 0) is 33.3 Å². The summed E-state index contributed by atoms with van der Waals surface area (Å²) in [4.78, 5) is 37.7. The van der Waals surface area contributed by atoms with Gasteiger partial charge in [-0.25, -0.2) is 4.79 Å². The van der Waals surface area contributed by atoms with E-state index in [1.807, 2.05) is 21.1 Å². The molecule has 2 atom stereocenters. The van der Waals surface area contributed by atoms with Gasteiger partial charge in [-0.15, -0.1) is 0 Å². The van der Waals surface area contributed by atoms with Crippen molar-refractivity contribution in [1.82, 2.24) is 0 Å². The first-order valence-electron chi connectivity index (χ1n) is 37.7. The molecule has 0 aliphatic rings. The van der Waals surface area contributed by atoms with Crippen LogP contribution in [0.2, 0.25) is 0 Å². The third kappa shape index (κ3) is 73.0. The number of hydrogen-bond donors (Lipinski definition) is 1. The van der Waals surface area contributed by atoms with Crippen LogP contribution in [0.25, 0.3) is 0 Å². The molecule has 0 saturated heterocycles.